The van der Waals surface area contributed by atoms with Crippen LogP contribution in [-0.4, -0.2) is 62.3 Å². The van der Waals surface area contributed by atoms with Crippen LogP contribution in [0.15, 0.2) is 18.2 Å². The van der Waals surface area contributed by atoms with Crippen molar-refractivity contribution in [2.45, 2.75) is 45.8 Å². The zero-order chi connectivity index (χ0) is 17.8. The zero-order valence-electron chi connectivity index (χ0n) is 15.8. The van der Waals surface area contributed by atoms with Crippen LogP contribution in [0.3, 0.4) is 0 Å². The zero-order valence-corrected chi connectivity index (χ0v) is 15.8. The lowest BCUT2D eigenvalue weighted by Gasteiger charge is -2.38. The van der Waals surface area contributed by atoms with Gasteiger partial charge in [-0.2, -0.15) is 0 Å². The van der Waals surface area contributed by atoms with Gasteiger partial charge in [-0.25, -0.2) is 0 Å². The van der Waals surface area contributed by atoms with Crippen LogP contribution in [0, 0.1) is 13.8 Å². The maximum absolute atomic E-state index is 12.4. The first kappa shape index (κ1) is 18.2. The molecule has 1 amide bonds. The van der Waals surface area contributed by atoms with Crippen molar-refractivity contribution < 1.29 is 9.53 Å². The van der Waals surface area contributed by atoms with Gasteiger partial charge in [0.15, 0.2) is 0 Å². The van der Waals surface area contributed by atoms with Crippen LogP contribution < -0.4 is 10.2 Å². The van der Waals surface area contributed by atoms with Crippen LogP contribution in [0.25, 0.3) is 0 Å². The van der Waals surface area contributed by atoms with Crippen molar-refractivity contribution in [1.82, 2.24) is 10.2 Å². The van der Waals surface area contributed by atoms with Crippen LogP contribution in [0.2, 0.25) is 0 Å². The second-order valence-corrected chi connectivity index (χ2v) is 7.35. The Morgan fingerprint density at radius 1 is 1.24 bits per heavy atom. The number of hydrogen-bond donors (Lipinski definition) is 1. The van der Waals surface area contributed by atoms with Crippen molar-refractivity contribution >= 4 is 11.6 Å². The number of piperazine rings is 1. The van der Waals surface area contributed by atoms with Gasteiger partial charge < -0.3 is 15.0 Å². The van der Waals surface area contributed by atoms with Gasteiger partial charge in [0.25, 0.3) is 0 Å². The Balaban J connectivity index is 1.47. The number of hydrogen-bond acceptors (Lipinski definition) is 4. The summed E-state index contributed by atoms with van der Waals surface area (Å²) in [7, 11) is 0. The molecule has 2 atom stereocenters. The molecule has 2 heterocycles. The van der Waals surface area contributed by atoms with E-state index in [9.17, 15) is 4.79 Å². The summed E-state index contributed by atoms with van der Waals surface area (Å²) in [5.41, 5.74) is 3.96. The number of carbonyl (C=O) groups excluding carboxylic acids is 1. The van der Waals surface area contributed by atoms with E-state index in [2.05, 4.69) is 47.2 Å². The summed E-state index contributed by atoms with van der Waals surface area (Å²) in [6.45, 7) is 11.6. The van der Waals surface area contributed by atoms with E-state index in [-0.39, 0.29) is 18.1 Å². The lowest BCUT2D eigenvalue weighted by atomic mass is 10.1. The van der Waals surface area contributed by atoms with E-state index in [1.54, 1.807) is 0 Å². The monoisotopic (exact) mass is 345 g/mol. The van der Waals surface area contributed by atoms with E-state index in [4.69, 9.17) is 4.74 Å². The minimum absolute atomic E-state index is 0.0803. The number of benzene rings is 1. The number of nitrogens with zero attached hydrogens (tertiary/aromatic N) is 2. The number of amides is 1. The van der Waals surface area contributed by atoms with Gasteiger partial charge in [0.1, 0.15) is 0 Å². The molecule has 0 bridgehead atoms. The number of anilines is 1. The van der Waals surface area contributed by atoms with E-state index in [0.717, 1.165) is 45.6 Å². The molecule has 3 rings (SSSR count). The van der Waals surface area contributed by atoms with Crippen molar-refractivity contribution in [3.63, 3.8) is 0 Å². The molecule has 2 aliphatic heterocycles. The van der Waals surface area contributed by atoms with Gasteiger partial charge >= 0.3 is 0 Å². The molecule has 5 nitrogen and oxygen atoms in total. The highest BCUT2D eigenvalue weighted by Crippen LogP contribution is 2.21. The fraction of sp³-hybridized carbons (Fsp3) is 0.650. The lowest BCUT2D eigenvalue weighted by Crippen LogP contribution is -2.54. The van der Waals surface area contributed by atoms with Gasteiger partial charge in [-0.15, -0.1) is 0 Å². The van der Waals surface area contributed by atoms with E-state index < -0.39 is 0 Å². The number of aryl methyl sites for hydroxylation is 2. The van der Waals surface area contributed by atoms with Gasteiger partial charge in [-0.05, 0) is 56.9 Å². The molecule has 5 heteroatoms. The Bertz CT molecular complexity index is 591. The predicted octanol–water partition coefficient (Wildman–Crippen LogP) is 2.11. The summed E-state index contributed by atoms with van der Waals surface area (Å²) in [6, 6.07) is 6.58. The van der Waals surface area contributed by atoms with Crippen LogP contribution in [0.4, 0.5) is 5.69 Å². The minimum atomic E-state index is -0.0803. The first-order valence-electron chi connectivity index (χ1n) is 9.50. The molecule has 1 N–H and O–H groups in total. The summed E-state index contributed by atoms with van der Waals surface area (Å²) >= 11 is 0. The maximum Gasteiger partial charge on any atom is 0.237 e. The highest BCUT2D eigenvalue weighted by atomic mass is 16.5. The van der Waals surface area contributed by atoms with E-state index in [0.29, 0.717) is 6.54 Å². The Hall–Kier alpha value is -1.59. The molecule has 0 radical (unpaired) electrons. The number of nitrogens with one attached hydrogen (secondary N) is 1. The second kappa shape index (κ2) is 8.19. The topological polar surface area (TPSA) is 44.8 Å². The van der Waals surface area contributed by atoms with Crippen LogP contribution >= 0.6 is 0 Å². The Labute approximate surface area is 151 Å². The van der Waals surface area contributed by atoms with Gasteiger partial charge in [0.05, 0.1) is 12.1 Å². The molecule has 138 valence electrons. The van der Waals surface area contributed by atoms with Crippen LogP contribution in [0.1, 0.15) is 30.9 Å². The standard InChI is InChI=1S/C20H31N3O2/c1-15-6-7-18(13-16(15)2)23-10-8-22(9-11-23)17(3)20(24)21-14-19-5-4-12-25-19/h6-7,13,17,19H,4-5,8-12,14H2,1-3H3,(H,21,24)/t17-,19-/m0/s1. The normalized spacial score (nSPS) is 22.8. The summed E-state index contributed by atoms with van der Waals surface area (Å²) in [6.07, 6.45) is 2.37. The van der Waals surface area contributed by atoms with Crippen LogP contribution in [0.5, 0.6) is 0 Å². The highest BCUT2D eigenvalue weighted by molar-refractivity contribution is 5.81. The molecule has 2 fully saturated rings. The third-order valence-electron chi connectivity index (χ3n) is 5.63. The summed E-state index contributed by atoms with van der Waals surface area (Å²) in [5.74, 6) is 0.120. The highest BCUT2D eigenvalue weighted by Gasteiger charge is 2.26. The molecular formula is C20H31N3O2. The predicted molar refractivity (Wildman–Crippen MR) is 101 cm³/mol. The average Bonchev–Trinajstić information content (AvgIpc) is 3.15. The molecule has 25 heavy (non-hydrogen) atoms. The molecule has 0 saturated carbocycles. The maximum atomic E-state index is 12.4. The third-order valence-corrected chi connectivity index (χ3v) is 5.63. The second-order valence-electron chi connectivity index (χ2n) is 7.35. The van der Waals surface area contributed by atoms with Gasteiger partial charge in [0, 0.05) is 45.0 Å². The Morgan fingerprint density at radius 2 is 2.00 bits per heavy atom. The quantitative estimate of drug-likeness (QED) is 0.888. The number of ether oxygens (including phenoxy) is 1. The molecule has 2 aliphatic rings. The molecule has 0 unspecified atom stereocenters. The molecule has 0 aromatic heterocycles. The number of carbonyl (C=O) groups is 1. The summed E-state index contributed by atoms with van der Waals surface area (Å²) in [4.78, 5) is 17.1. The van der Waals surface area contributed by atoms with Gasteiger partial charge in [0.2, 0.25) is 5.91 Å². The van der Waals surface area contributed by atoms with Crippen molar-refractivity contribution in [1.29, 1.82) is 0 Å². The van der Waals surface area contributed by atoms with Crippen molar-refractivity contribution in [3.8, 4) is 0 Å². The smallest absolute Gasteiger partial charge is 0.237 e. The minimum Gasteiger partial charge on any atom is -0.376 e. The summed E-state index contributed by atoms with van der Waals surface area (Å²) in [5, 5.41) is 3.06. The average molecular weight is 345 g/mol. The number of rotatable bonds is 5. The van der Waals surface area contributed by atoms with E-state index >= 15 is 0 Å². The Kier molecular flexibility index (Phi) is 5.97. The summed E-state index contributed by atoms with van der Waals surface area (Å²) < 4.78 is 5.57. The fourth-order valence-corrected chi connectivity index (χ4v) is 3.62. The van der Waals surface area contributed by atoms with Gasteiger partial charge in [-0.3, -0.25) is 9.69 Å². The lowest BCUT2D eigenvalue weighted by molar-refractivity contribution is -0.126. The molecule has 1 aromatic carbocycles. The largest absolute Gasteiger partial charge is 0.376 e. The van der Waals surface area contributed by atoms with Crippen LogP contribution in [-0.2, 0) is 9.53 Å². The third kappa shape index (κ3) is 4.53. The van der Waals surface area contributed by atoms with Gasteiger partial charge in [-0.1, -0.05) is 6.07 Å². The van der Waals surface area contributed by atoms with E-state index in [1.807, 2.05) is 6.92 Å². The SMILES string of the molecule is Cc1ccc(N2CCN([C@@H](C)C(=O)NC[C@@H]3CCCO3)CC2)cc1C. The fourth-order valence-electron chi connectivity index (χ4n) is 3.62. The molecular weight excluding hydrogens is 314 g/mol. The molecule has 0 aliphatic carbocycles. The first-order valence-corrected chi connectivity index (χ1v) is 9.50. The Morgan fingerprint density at radius 3 is 2.64 bits per heavy atom. The molecule has 1 aromatic rings. The molecule has 2 saturated heterocycles. The van der Waals surface area contributed by atoms with Crippen molar-refractivity contribution in [3.05, 3.63) is 29.3 Å². The van der Waals surface area contributed by atoms with Crippen molar-refractivity contribution in [2.75, 3.05) is 44.2 Å². The molecule has 0 spiro atoms. The van der Waals surface area contributed by atoms with E-state index in [1.165, 1.54) is 16.8 Å². The first-order chi connectivity index (χ1) is 12.0. The van der Waals surface area contributed by atoms with Crippen molar-refractivity contribution in [2.24, 2.45) is 0 Å².